The number of aromatic nitrogens is 1. The summed E-state index contributed by atoms with van der Waals surface area (Å²) in [5, 5.41) is 31.1. The van der Waals surface area contributed by atoms with Gasteiger partial charge in [0.05, 0.1) is 15.9 Å². The number of fused-ring (bicyclic) bond motifs is 1. The monoisotopic (exact) mass is 326 g/mol. The summed E-state index contributed by atoms with van der Waals surface area (Å²) in [6.45, 7) is 0. The normalized spacial score (nSPS) is 11.2. The Hall–Kier alpha value is -3.82. The Morgan fingerprint density at radius 1 is 0.958 bits per heavy atom. The van der Waals surface area contributed by atoms with Crippen LogP contribution in [0.2, 0.25) is 0 Å². The number of nitrogens with zero attached hydrogens (tertiary/aromatic N) is 4. The van der Waals surface area contributed by atoms with Crippen LogP contribution in [-0.4, -0.2) is 14.8 Å². The lowest BCUT2D eigenvalue weighted by Gasteiger charge is -1.97. The van der Waals surface area contributed by atoms with Crippen LogP contribution in [0.4, 0.5) is 28.7 Å². The average Bonchev–Trinajstić information content (AvgIpc) is 2.89. The summed E-state index contributed by atoms with van der Waals surface area (Å²) in [7, 11) is 0. The number of non-ortho nitro benzene ring substituents is 1. The Morgan fingerprint density at radius 2 is 1.67 bits per heavy atom. The summed E-state index contributed by atoms with van der Waals surface area (Å²) in [5.41, 5.74) is 4.85. The molecule has 0 unspecified atom stereocenters. The van der Waals surface area contributed by atoms with Crippen molar-refractivity contribution < 1.29 is 9.85 Å². The quantitative estimate of drug-likeness (QED) is 0.421. The lowest BCUT2D eigenvalue weighted by Crippen LogP contribution is -1.92. The minimum absolute atomic E-state index is 0.0946. The molecule has 0 atom stereocenters. The van der Waals surface area contributed by atoms with Gasteiger partial charge in [-0.15, -0.1) is 10.2 Å². The number of azo groups is 1. The number of nitro benzene ring substituents is 2. The molecule has 120 valence electrons. The molecular weight excluding hydrogens is 316 g/mol. The Morgan fingerprint density at radius 3 is 2.33 bits per heavy atom. The molecule has 0 aliphatic carbocycles. The fourth-order valence-corrected chi connectivity index (χ4v) is 2.23. The second-order valence-electron chi connectivity index (χ2n) is 4.82. The van der Waals surface area contributed by atoms with Gasteiger partial charge < -0.3 is 10.7 Å². The van der Waals surface area contributed by atoms with Crippen molar-refractivity contribution in [1.82, 2.24) is 4.98 Å². The topological polar surface area (TPSA) is 153 Å². The van der Waals surface area contributed by atoms with Crippen molar-refractivity contribution in [3.8, 4) is 0 Å². The van der Waals surface area contributed by atoms with Crippen molar-refractivity contribution in [2.75, 3.05) is 5.73 Å². The smallest absolute Gasteiger partial charge is 0.303 e. The van der Waals surface area contributed by atoms with E-state index >= 15 is 0 Å². The molecule has 0 radical (unpaired) electrons. The number of rotatable bonds is 4. The molecule has 10 heteroatoms. The maximum absolute atomic E-state index is 11.1. The number of anilines is 1. The highest BCUT2D eigenvalue weighted by molar-refractivity contribution is 5.99. The molecule has 10 nitrogen and oxygen atoms in total. The van der Waals surface area contributed by atoms with Crippen LogP contribution in [0.1, 0.15) is 0 Å². The van der Waals surface area contributed by atoms with Crippen molar-refractivity contribution >= 4 is 39.5 Å². The van der Waals surface area contributed by atoms with Gasteiger partial charge in [-0.25, -0.2) is 0 Å². The van der Waals surface area contributed by atoms with E-state index in [9.17, 15) is 20.2 Å². The van der Waals surface area contributed by atoms with E-state index in [1.165, 1.54) is 6.07 Å². The molecule has 3 N–H and O–H groups in total. The van der Waals surface area contributed by atoms with Gasteiger partial charge in [-0.3, -0.25) is 20.2 Å². The minimum atomic E-state index is -0.747. The zero-order valence-electron chi connectivity index (χ0n) is 12.0. The van der Waals surface area contributed by atoms with Crippen molar-refractivity contribution in [1.29, 1.82) is 0 Å². The van der Waals surface area contributed by atoms with Gasteiger partial charge in [0.25, 0.3) is 5.69 Å². The predicted molar refractivity (Wildman–Crippen MR) is 86.6 cm³/mol. The summed E-state index contributed by atoms with van der Waals surface area (Å²) < 4.78 is 0. The lowest BCUT2D eigenvalue weighted by molar-refractivity contribution is -0.393. The van der Waals surface area contributed by atoms with Gasteiger partial charge in [0.15, 0.2) is 11.5 Å². The van der Waals surface area contributed by atoms with Gasteiger partial charge in [-0.05, 0) is 6.07 Å². The molecule has 1 heterocycles. The van der Waals surface area contributed by atoms with Crippen LogP contribution in [0.5, 0.6) is 0 Å². The van der Waals surface area contributed by atoms with Crippen LogP contribution >= 0.6 is 0 Å². The molecule has 3 rings (SSSR count). The number of nitrogens with one attached hydrogen (secondary N) is 1. The molecule has 2 aromatic carbocycles. The van der Waals surface area contributed by atoms with E-state index in [2.05, 4.69) is 15.2 Å². The fraction of sp³-hybridized carbons (Fsp3) is 0. The summed E-state index contributed by atoms with van der Waals surface area (Å²) in [6, 6.07) is 10.3. The SMILES string of the molecule is Nc1[nH]c(N=Nc2ccc([N+](=O)[O-])cc2[N+](=O)[O-])c2ccccc12. The van der Waals surface area contributed by atoms with E-state index in [-0.39, 0.29) is 5.69 Å². The van der Waals surface area contributed by atoms with Crippen LogP contribution in [0, 0.1) is 20.2 Å². The zero-order valence-corrected chi connectivity index (χ0v) is 12.0. The summed E-state index contributed by atoms with van der Waals surface area (Å²) in [4.78, 5) is 23.2. The maximum Gasteiger partial charge on any atom is 0.303 e. The molecule has 0 saturated carbocycles. The molecule has 0 spiro atoms. The Labute approximate surface area is 133 Å². The van der Waals surface area contributed by atoms with Gasteiger partial charge in [0, 0.05) is 16.8 Å². The van der Waals surface area contributed by atoms with Crippen LogP contribution in [-0.2, 0) is 0 Å². The minimum Gasteiger partial charge on any atom is -0.385 e. The number of H-pyrrole nitrogens is 1. The molecule has 1 aromatic heterocycles. The van der Waals surface area contributed by atoms with E-state index in [1.54, 1.807) is 18.2 Å². The fourth-order valence-electron chi connectivity index (χ4n) is 2.23. The van der Waals surface area contributed by atoms with E-state index in [0.717, 1.165) is 17.5 Å². The van der Waals surface area contributed by atoms with Crippen molar-refractivity contribution in [3.63, 3.8) is 0 Å². The van der Waals surface area contributed by atoms with Gasteiger partial charge in [-0.2, -0.15) is 0 Å². The highest BCUT2D eigenvalue weighted by Crippen LogP contribution is 2.35. The molecule has 0 aliphatic rings. The number of hydrogen-bond acceptors (Lipinski definition) is 7. The van der Waals surface area contributed by atoms with Crippen LogP contribution in [0.15, 0.2) is 52.7 Å². The summed E-state index contributed by atoms with van der Waals surface area (Å²) in [6.07, 6.45) is 0. The van der Waals surface area contributed by atoms with Crippen molar-refractivity contribution in [3.05, 3.63) is 62.7 Å². The molecule has 0 aliphatic heterocycles. The van der Waals surface area contributed by atoms with Crippen LogP contribution in [0.25, 0.3) is 10.8 Å². The maximum atomic E-state index is 11.1. The lowest BCUT2D eigenvalue weighted by atomic mass is 10.2. The average molecular weight is 326 g/mol. The van der Waals surface area contributed by atoms with Gasteiger partial charge in [0.1, 0.15) is 5.82 Å². The molecule has 3 aromatic rings. The molecule has 0 bridgehead atoms. The standard InChI is InChI=1S/C14H10N6O4/c15-13-9-3-1-2-4-10(9)14(16-13)18-17-11-6-5-8(19(21)22)7-12(11)20(23)24/h1-7,16H,15H2. The first-order chi connectivity index (χ1) is 11.5. The largest absolute Gasteiger partial charge is 0.385 e. The Balaban J connectivity index is 2.05. The third-order valence-electron chi connectivity index (χ3n) is 3.35. The Kier molecular flexibility index (Phi) is 3.62. The molecule has 0 amide bonds. The molecule has 0 saturated heterocycles. The first-order valence-corrected chi connectivity index (χ1v) is 6.68. The second kappa shape index (κ2) is 5.76. The van der Waals surface area contributed by atoms with Gasteiger partial charge in [0.2, 0.25) is 0 Å². The molecular formula is C14H10N6O4. The number of nitro groups is 2. The highest BCUT2D eigenvalue weighted by Gasteiger charge is 2.19. The first-order valence-electron chi connectivity index (χ1n) is 6.68. The van der Waals surface area contributed by atoms with E-state index in [4.69, 9.17) is 5.73 Å². The van der Waals surface area contributed by atoms with E-state index < -0.39 is 21.2 Å². The van der Waals surface area contributed by atoms with Crippen LogP contribution in [0.3, 0.4) is 0 Å². The number of aromatic amines is 1. The number of benzene rings is 2. The first kappa shape index (κ1) is 15.1. The molecule has 24 heavy (non-hydrogen) atoms. The van der Waals surface area contributed by atoms with E-state index in [1.807, 2.05) is 6.07 Å². The summed E-state index contributed by atoms with van der Waals surface area (Å²) >= 11 is 0. The number of hydrogen-bond donors (Lipinski definition) is 2. The predicted octanol–water partition coefficient (Wildman–Crippen LogP) is 3.98. The van der Waals surface area contributed by atoms with Gasteiger partial charge >= 0.3 is 5.69 Å². The summed E-state index contributed by atoms with van der Waals surface area (Å²) in [5.74, 6) is 0.744. The highest BCUT2D eigenvalue weighted by atomic mass is 16.6. The van der Waals surface area contributed by atoms with Crippen molar-refractivity contribution in [2.45, 2.75) is 0 Å². The second-order valence-corrected chi connectivity index (χ2v) is 4.82. The van der Waals surface area contributed by atoms with E-state index in [0.29, 0.717) is 17.0 Å². The molecule has 0 fully saturated rings. The van der Waals surface area contributed by atoms with Crippen molar-refractivity contribution in [2.24, 2.45) is 10.2 Å². The Bertz CT molecular complexity index is 994. The van der Waals surface area contributed by atoms with Gasteiger partial charge in [-0.1, -0.05) is 24.3 Å². The number of nitrogen functional groups attached to an aromatic ring is 1. The third kappa shape index (κ3) is 2.63. The zero-order chi connectivity index (χ0) is 17.3. The third-order valence-corrected chi connectivity index (χ3v) is 3.35. The van der Waals surface area contributed by atoms with Crippen LogP contribution < -0.4 is 5.73 Å². The number of nitrogens with two attached hydrogens (primary N) is 1.